The van der Waals surface area contributed by atoms with Crippen LogP contribution in [0, 0.1) is 0 Å². The van der Waals surface area contributed by atoms with Gasteiger partial charge in [-0.15, -0.1) is 26.6 Å². The Labute approximate surface area is 163 Å². The fourth-order valence-corrected chi connectivity index (χ4v) is 5.06. The molecular weight excluding hydrogens is 389 g/mol. The molecule has 0 N–H and O–H groups in total. The number of alkyl halides is 3. The molecule has 0 bridgehead atoms. The van der Waals surface area contributed by atoms with Crippen molar-refractivity contribution in [1.82, 2.24) is 24.7 Å². The number of hydrogen-bond donors (Lipinski definition) is 0. The van der Waals surface area contributed by atoms with E-state index in [9.17, 15) is 13.2 Å². The topological polar surface area (TPSA) is 49.6 Å². The van der Waals surface area contributed by atoms with Gasteiger partial charge >= 0.3 is 6.18 Å². The average molecular weight is 408 g/mol. The van der Waals surface area contributed by atoms with E-state index in [0.29, 0.717) is 11.9 Å². The summed E-state index contributed by atoms with van der Waals surface area (Å²) in [5, 5.41) is 13.1. The monoisotopic (exact) mass is 408 g/mol. The van der Waals surface area contributed by atoms with Gasteiger partial charge in [0.1, 0.15) is 5.82 Å². The second kappa shape index (κ2) is 6.70. The lowest BCUT2D eigenvalue weighted by Crippen LogP contribution is -2.46. The Morgan fingerprint density at radius 2 is 1.86 bits per heavy atom. The molecule has 0 saturated carbocycles. The average Bonchev–Trinajstić information content (AvgIpc) is 3.33. The normalized spacial score (nSPS) is 19.3. The minimum absolute atomic E-state index is 0.103. The summed E-state index contributed by atoms with van der Waals surface area (Å²) in [5.74, 6) is -0.547. The summed E-state index contributed by atoms with van der Waals surface area (Å²) < 4.78 is 40.0. The van der Waals surface area contributed by atoms with Crippen molar-refractivity contribution in [2.45, 2.75) is 38.0 Å². The predicted octanol–water partition coefficient (Wildman–Crippen LogP) is 3.23. The van der Waals surface area contributed by atoms with E-state index in [1.165, 1.54) is 10.4 Å². The summed E-state index contributed by atoms with van der Waals surface area (Å²) in [6.07, 6.45) is -1.51. The van der Waals surface area contributed by atoms with Crippen LogP contribution in [-0.2, 0) is 19.1 Å². The highest BCUT2D eigenvalue weighted by atomic mass is 32.1. The van der Waals surface area contributed by atoms with E-state index >= 15 is 0 Å². The molecule has 3 aromatic heterocycles. The van der Waals surface area contributed by atoms with Gasteiger partial charge in [-0.05, 0) is 48.4 Å². The van der Waals surface area contributed by atoms with Gasteiger partial charge in [-0.2, -0.15) is 17.7 Å². The van der Waals surface area contributed by atoms with E-state index in [-0.39, 0.29) is 5.65 Å². The first-order valence-corrected chi connectivity index (χ1v) is 10.2. The lowest BCUT2D eigenvalue weighted by molar-refractivity contribution is -0.146. The van der Waals surface area contributed by atoms with Crippen LogP contribution < -0.4 is 4.90 Å². The number of halogens is 3. The Morgan fingerprint density at radius 1 is 1.04 bits per heavy atom. The first-order valence-electron chi connectivity index (χ1n) is 9.33. The Bertz CT molecular complexity index is 989. The van der Waals surface area contributed by atoms with Crippen LogP contribution in [0.4, 0.5) is 19.0 Å². The quantitative estimate of drug-likeness (QED) is 0.652. The third-order valence-corrected chi connectivity index (χ3v) is 6.67. The van der Waals surface area contributed by atoms with Gasteiger partial charge in [0.25, 0.3) is 5.82 Å². The smallest absolute Gasteiger partial charge is 0.355 e. The van der Waals surface area contributed by atoms with Gasteiger partial charge in [-0.3, -0.25) is 4.90 Å². The summed E-state index contributed by atoms with van der Waals surface area (Å²) in [7, 11) is 0. The van der Waals surface area contributed by atoms with Crippen molar-refractivity contribution in [2.24, 2.45) is 0 Å². The van der Waals surface area contributed by atoms with Crippen molar-refractivity contribution in [3.8, 4) is 0 Å². The molecule has 148 valence electrons. The first-order chi connectivity index (χ1) is 13.5. The lowest BCUT2D eigenvalue weighted by atomic mass is 9.99. The van der Waals surface area contributed by atoms with Crippen LogP contribution in [0.15, 0.2) is 23.6 Å². The molecule has 2 aliphatic heterocycles. The Morgan fingerprint density at radius 3 is 2.64 bits per heavy atom. The van der Waals surface area contributed by atoms with Crippen molar-refractivity contribution in [3.63, 3.8) is 0 Å². The number of nitrogens with zero attached hydrogens (tertiary/aromatic N) is 6. The minimum atomic E-state index is -4.58. The third kappa shape index (κ3) is 3.14. The number of aromatic nitrogens is 4. The van der Waals surface area contributed by atoms with Gasteiger partial charge in [-0.25, -0.2) is 0 Å². The highest BCUT2D eigenvalue weighted by Gasteiger charge is 2.38. The van der Waals surface area contributed by atoms with E-state index in [1.807, 2.05) is 11.3 Å². The van der Waals surface area contributed by atoms with E-state index in [4.69, 9.17) is 0 Å². The molecule has 1 fully saturated rings. The number of thiophene rings is 1. The maximum absolute atomic E-state index is 13.1. The summed E-state index contributed by atoms with van der Waals surface area (Å²) in [4.78, 5) is 6.10. The molecule has 0 aliphatic carbocycles. The van der Waals surface area contributed by atoms with Crippen molar-refractivity contribution in [3.05, 3.63) is 39.8 Å². The molecule has 3 aromatic rings. The second-order valence-corrected chi connectivity index (χ2v) is 8.29. The van der Waals surface area contributed by atoms with Gasteiger partial charge < -0.3 is 4.90 Å². The highest BCUT2D eigenvalue weighted by Crippen LogP contribution is 2.30. The van der Waals surface area contributed by atoms with Gasteiger partial charge in [0.05, 0.1) is 0 Å². The minimum Gasteiger partial charge on any atom is -0.355 e. The Hall–Kier alpha value is -2.20. The van der Waals surface area contributed by atoms with E-state index in [0.717, 1.165) is 50.0 Å². The molecule has 6 nitrogen and oxygen atoms in total. The molecule has 0 aromatic carbocycles. The fraction of sp³-hybridized carbons (Fsp3) is 0.500. The third-order valence-electron chi connectivity index (χ3n) is 5.64. The molecule has 0 atom stereocenters. The maximum Gasteiger partial charge on any atom is 0.453 e. The molecule has 2 aliphatic rings. The zero-order chi connectivity index (χ0) is 19.3. The zero-order valence-electron chi connectivity index (χ0n) is 15.1. The van der Waals surface area contributed by atoms with Gasteiger partial charge in [0, 0.05) is 37.1 Å². The zero-order valence-corrected chi connectivity index (χ0v) is 15.9. The van der Waals surface area contributed by atoms with Crippen LogP contribution in [0.3, 0.4) is 0 Å². The number of piperidine rings is 1. The van der Waals surface area contributed by atoms with Crippen molar-refractivity contribution in [1.29, 1.82) is 0 Å². The molecule has 10 heteroatoms. The SMILES string of the molecule is FC(F)(F)c1nnc2ccc(N3CCC(N4CCc5sccc5C4)CC3)nn12. The Balaban J connectivity index is 1.29. The van der Waals surface area contributed by atoms with Crippen LogP contribution in [0.2, 0.25) is 0 Å². The molecule has 5 rings (SSSR count). The highest BCUT2D eigenvalue weighted by molar-refractivity contribution is 7.10. The predicted molar refractivity (Wildman–Crippen MR) is 99.5 cm³/mol. The molecule has 0 spiro atoms. The van der Waals surface area contributed by atoms with Gasteiger partial charge in [-0.1, -0.05) is 0 Å². The van der Waals surface area contributed by atoms with Crippen molar-refractivity contribution < 1.29 is 13.2 Å². The molecule has 0 radical (unpaired) electrons. The van der Waals surface area contributed by atoms with E-state index in [2.05, 4.69) is 36.5 Å². The van der Waals surface area contributed by atoms with Crippen LogP contribution in [0.5, 0.6) is 0 Å². The molecule has 28 heavy (non-hydrogen) atoms. The Kier molecular flexibility index (Phi) is 4.27. The summed E-state index contributed by atoms with van der Waals surface area (Å²) in [5.41, 5.74) is 1.55. The first kappa shape index (κ1) is 17.9. The molecular formula is C18H19F3N6S. The van der Waals surface area contributed by atoms with Crippen molar-refractivity contribution >= 4 is 22.8 Å². The van der Waals surface area contributed by atoms with E-state index < -0.39 is 12.0 Å². The van der Waals surface area contributed by atoms with Gasteiger partial charge in [0.15, 0.2) is 5.65 Å². The van der Waals surface area contributed by atoms with Crippen molar-refractivity contribution in [2.75, 3.05) is 24.5 Å². The molecule has 0 amide bonds. The summed E-state index contributed by atoms with van der Waals surface area (Å²) >= 11 is 1.84. The van der Waals surface area contributed by atoms with Crippen LogP contribution in [-0.4, -0.2) is 50.4 Å². The van der Waals surface area contributed by atoms with Gasteiger partial charge in [0.2, 0.25) is 0 Å². The van der Waals surface area contributed by atoms with Crippen LogP contribution >= 0.6 is 11.3 Å². The molecule has 1 saturated heterocycles. The number of anilines is 1. The second-order valence-electron chi connectivity index (χ2n) is 7.29. The van der Waals surface area contributed by atoms with E-state index in [1.54, 1.807) is 12.1 Å². The summed E-state index contributed by atoms with van der Waals surface area (Å²) in [6, 6.07) is 5.99. The molecule has 0 unspecified atom stereocenters. The number of rotatable bonds is 2. The lowest BCUT2D eigenvalue weighted by Gasteiger charge is -2.40. The number of fused-ring (bicyclic) bond motifs is 2. The fourth-order valence-electron chi connectivity index (χ4n) is 4.17. The largest absolute Gasteiger partial charge is 0.453 e. The maximum atomic E-state index is 13.1. The van der Waals surface area contributed by atoms with Crippen LogP contribution in [0.1, 0.15) is 29.1 Å². The number of hydrogen-bond acceptors (Lipinski definition) is 6. The standard InChI is InChI=1S/C18H19F3N6S/c19-18(20,21)17-23-22-15-1-2-16(24-27(15)17)25-7-3-13(4-8-25)26-9-5-14-12(11-26)6-10-28-14/h1-2,6,10,13H,3-5,7-9,11H2. The molecule has 5 heterocycles. The summed E-state index contributed by atoms with van der Waals surface area (Å²) in [6.45, 7) is 3.64. The van der Waals surface area contributed by atoms with Crippen LogP contribution in [0.25, 0.3) is 5.65 Å².